The third-order valence-corrected chi connectivity index (χ3v) is 7.03. The van der Waals surface area contributed by atoms with E-state index in [1.165, 1.54) is 17.5 Å². The fraction of sp³-hybridized carbons (Fsp3) is 0.650. The van der Waals surface area contributed by atoms with Crippen molar-refractivity contribution < 1.29 is 19.7 Å². The molecule has 0 amide bonds. The fourth-order valence-corrected chi connectivity index (χ4v) is 5.97. The van der Waals surface area contributed by atoms with Crippen molar-refractivity contribution in [3.63, 3.8) is 0 Å². The van der Waals surface area contributed by atoms with Crippen molar-refractivity contribution in [3.8, 4) is 5.75 Å². The van der Waals surface area contributed by atoms with Gasteiger partial charge in [0, 0.05) is 0 Å². The number of phenols is 1. The Morgan fingerprint density at radius 2 is 2.12 bits per heavy atom. The number of hydrogen-bond donors (Lipinski definition) is 2. The summed E-state index contributed by atoms with van der Waals surface area (Å²) in [5.41, 5.74) is 2.86. The number of aliphatic carboxylic acids is 1. The van der Waals surface area contributed by atoms with Crippen molar-refractivity contribution in [2.24, 2.45) is 17.3 Å². The summed E-state index contributed by atoms with van der Waals surface area (Å²) in [6.07, 6.45) is 6.67. The summed E-state index contributed by atoms with van der Waals surface area (Å²) in [5, 5.41) is 18.7. The number of aryl methyl sites for hydroxylation is 1. The van der Waals surface area contributed by atoms with Crippen LogP contribution in [0.5, 0.6) is 5.75 Å². The summed E-state index contributed by atoms with van der Waals surface area (Å²) in [4.78, 5) is 10.9. The molecule has 5 atom stereocenters. The van der Waals surface area contributed by atoms with E-state index in [1.807, 2.05) is 12.1 Å². The number of carboxylic acid groups (broad SMARTS) is 1. The molecule has 0 bridgehead atoms. The molecular formula is C20H26O4. The van der Waals surface area contributed by atoms with Gasteiger partial charge < -0.3 is 14.9 Å². The quantitative estimate of drug-likeness (QED) is 0.886. The minimum Gasteiger partial charge on any atom is -0.508 e. The van der Waals surface area contributed by atoms with E-state index in [0.717, 1.165) is 32.1 Å². The molecule has 3 aliphatic rings. The Morgan fingerprint density at radius 3 is 2.92 bits per heavy atom. The molecule has 4 heteroatoms. The monoisotopic (exact) mass is 330 g/mol. The SMILES string of the molecule is C[C@]12CC[C@@H]3c4ccc(O)cc4CCC3[C@@H]1CC[C@@H]2OCC(=O)O. The van der Waals surface area contributed by atoms with Crippen molar-refractivity contribution in [3.05, 3.63) is 29.3 Å². The van der Waals surface area contributed by atoms with Gasteiger partial charge in [-0.05, 0) is 85.0 Å². The van der Waals surface area contributed by atoms with Crippen molar-refractivity contribution in [1.82, 2.24) is 0 Å². The maximum absolute atomic E-state index is 10.9. The van der Waals surface area contributed by atoms with E-state index in [-0.39, 0.29) is 18.1 Å². The van der Waals surface area contributed by atoms with Crippen LogP contribution in [-0.4, -0.2) is 28.9 Å². The van der Waals surface area contributed by atoms with E-state index in [1.54, 1.807) is 0 Å². The van der Waals surface area contributed by atoms with E-state index in [9.17, 15) is 9.90 Å². The number of ether oxygens (including phenoxy) is 1. The van der Waals surface area contributed by atoms with Gasteiger partial charge in [0.2, 0.25) is 0 Å². The molecule has 24 heavy (non-hydrogen) atoms. The molecule has 1 aromatic rings. The highest BCUT2D eigenvalue weighted by atomic mass is 16.5. The van der Waals surface area contributed by atoms with Gasteiger partial charge in [-0.1, -0.05) is 13.0 Å². The molecule has 0 spiro atoms. The lowest BCUT2D eigenvalue weighted by molar-refractivity contribution is -0.148. The van der Waals surface area contributed by atoms with Gasteiger partial charge in [0.05, 0.1) is 6.10 Å². The van der Waals surface area contributed by atoms with Crippen LogP contribution in [0.15, 0.2) is 18.2 Å². The predicted molar refractivity (Wildman–Crippen MR) is 90.1 cm³/mol. The molecule has 3 aliphatic carbocycles. The zero-order valence-electron chi connectivity index (χ0n) is 14.2. The average molecular weight is 330 g/mol. The van der Waals surface area contributed by atoms with Crippen LogP contribution in [0.2, 0.25) is 0 Å². The summed E-state index contributed by atoms with van der Waals surface area (Å²) in [6, 6.07) is 5.88. The van der Waals surface area contributed by atoms with Gasteiger partial charge in [0.15, 0.2) is 0 Å². The van der Waals surface area contributed by atoms with Crippen LogP contribution in [-0.2, 0) is 16.0 Å². The predicted octanol–water partition coefficient (Wildman–Crippen LogP) is 3.72. The van der Waals surface area contributed by atoms with Crippen LogP contribution in [0.4, 0.5) is 0 Å². The summed E-state index contributed by atoms with van der Waals surface area (Å²) < 4.78 is 5.77. The Kier molecular flexibility index (Phi) is 3.83. The van der Waals surface area contributed by atoms with Gasteiger partial charge in [-0.25, -0.2) is 4.79 Å². The minimum absolute atomic E-state index is 0.0840. The Morgan fingerprint density at radius 1 is 1.29 bits per heavy atom. The fourth-order valence-electron chi connectivity index (χ4n) is 5.97. The lowest BCUT2D eigenvalue weighted by Crippen LogP contribution is -2.45. The van der Waals surface area contributed by atoms with Crippen LogP contribution in [0.1, 0.15) is 56.1 Å². The number of hydrogen-bond acceptors (Lipinski definition) is 3. The van der Waals surface area contributed by atoms with E-state index in [0.29, 0.717) is 23.5 Å². The third-order valence-electron chi connectivity index (χ3n) is 7.03. The van der Waals surface area contributed by atoms with E-state index >= 15 is 0 Å². The van der Waals surface area contributed by atoms with Gasteiger partial charge in [0.1, 0.15) is 12.4 Å². The zero-order chi connectivity index (χ0) is 16.9. The Labute approximate surface area is 142 Å². The molecule has 4 nitrogen and oxygen atoms in total. The third kappa shape index (κ3) is 2.43. The molecule has 0 aromatic heterocycles. The summed E-state index contributed by atoms with van der Waals surface area (Å²) >= 11 is 0. The van der Waals surface area contributed by atoms with Gasteiger partial charge in [-0.15, -0.1) is 0 Å². The maximum atomic E-state index is 10.9. The smallest absolute Gasteiger partial charge is 0.329 e. The van der Waals surface area contributed by atoms with E-state index < -0.39 is 5.97 Å². The first kappa shape index (κ1) is 15.9. The number of carboxylic acids is 1. The molecule has 1 aromatic carbocycles. The number of fused-ring (bicyclic) bond motifs is 5. The first-order valence-corrected chi connectivity index (χ1v) is 9.14. The van der Waals surface area contributed by atoms with Crippen LogP contribution >= 0.6 is 0 Å². The Balaban J connectivity index is 1.57. The standard InChI is InChI=1S/C20H26O4/c1-20-9-8-15-14-5-3-13(21)10-12(14)2-4-16(15)17(20)6-7-18(20)24-11-19(22)23/h3,5,10,15-18,21H,2,4,6-9,11H2,1H3,(H,22,23)/t15-,16?,17+,18+,20+/m1/s1. The van der Waals surface area contributed by atoms with Crippen molar-refractivity contribution in [1.29, 1.82) is 0 Å². The molecule has 0 aliphatic heterocycles. The Hall–Kier alpha value is -1.55. The van der Waals surface area contributed by atoms with Gasteiger partial charge in [0.25, 0.3) is 0 Å². The first-order chi connectivity index (χ1) is 11.5. The molecule has 1 unspecified atom stereocenters. The second-order valence-corrected chi connectivity index (χ2v) is 8.11. The number of phenolic OH excluding ortho intramolecular Hbond substituents is 1. The summed E-state index contributed by atoms with van der Waals surface area (Å²) in [6.45, 7) is 2.14. The van der Waals surface area contributed by atoms with E-state index in [4.69, 9.17) is 9.84 Å². The molecule has 0 radical (unpaired) electrons. The van der Waals surface area contributed by atoms with Gasteiger partial charge >= 0.3 is 5.97 Å². The Bertz CT molecular complexity index is 655. The molecular weight excluding hydrogens is 304 g/mol. The number of benzene rings is 1. The average Bonchev–Trinajstić information content (AvgIpc) is 2.89. The topological polar surface area (TPSA) is 66.8 Å². The molecule has 0 heterocycles. The van der Waals surface area contributed by atoms with Gasteiger partial charge in [-0.3, -0.25) is 0 Å². The van der Waals surface area contributed by atoms with Crippen LogP contribution in [0, 0.1) is 17.3 Å². The molecule has 0 saturated heterocycles. The van der Waals surface area contributed by atoms with Crippen LogP contribution in [0.25, 0.3) is 0 Å². The maximum Gasteiger partial charge on any atom is 0.329 e. The highest BCUT2D eigenvalue weighted by molar-refractivity contribution is 5.68. The number of aromatic hydroxyl groups is 1. The first-order valence-electron chi connectivity index (χ1n) is 9.14. The minimum atomic E-state index is -0.873. The molecule has 4 rings (SSSR count). The lowest BCUT2D eigenvalue weighted by Gasteiger charge is -2.50. The summed E-state index contributed by atoms with van der Waals surface area (Å²) in [7, 11) is 0. The van der Waals surface area contributed by atoms with Crippen LogP contribution in [0.3, 0.4) is 0 Å². The molecule has 2 N–H and O–H groups in total. The molecule has 130 valence electrons. The second kappa shape index (κ2) is 5.76. The van der Waals surface area contributed by atoms with E-state index in [2.05, 4.69) is 13.0 Å². The van der Waals surface area contributed by atoms with Gasteiger partial charge in [-0.2, -0.15) is 0 Å². The largest absolute Gasteiger partial charge is 0.508 e. The van der Waals surface area contributed by atoms with Crippen molar-refractivity contribution in [2.75, 3.05) is 6.61 Å². The highest BCUT2D eigenvalue weighted by Crippen LogP contribution is 2.61. The normalized spacial score (nSPS) is 37.4. The number of carbonyl (C=O) groups is 1. The highest BCUT2D eigenvalue weighted by Gasteiger charge is 2.55. The van der Waals surface area contributed by atoms with Crippen molar-refractivity contribution >= 4 is 5.97 Å². The zero-order valence-corrected chi connectivity index (χ0v) is 14.2. The van der Waals surface area contributed by atoms with Crippen molar-refractivity contribution in [2.45, 2.75) is 57.5 Å². The second-order valence-electron chi connectivity index (χ2n) is 8.11. The molecule has 2 fully saturated rings. The summed E-state index contributed by atoms with van der Waals surface area (Å²) in [5.74, 6) is 1.37. The molecule has 2 saturated carbocycles. The number of rotatable bonds is 3. The van der Waals surface area contributed by atoms with Crippen LogP contribution < -0.4 is 0 Å². The lowest BCUT2D eigenvalue weighted by atomic mass is 9.55.